The van der Waals surface area contributed by atoms with Gasteiger partial charge in [-0.15, -0.1) is 0 Å². The van der Waals surface area contributed by atoms with Crippen molar-refractivity contribution in [1.82, 2.24) is 10.2 Å². The van der Waals surface area contributed by atoms with Crippen LogP contribution in [0.5, 0.6) is 0 Å². The molecule has 1 aromatic rings. The zero-order valence-corrected chi connectivity index (χ0v) is 16.0. The molecule has 5 heteroatoms. The smallest absolute Gasteiger partial charge is 0.319 e. The first-order valence-electron chi connectivity index (χ1n) is 9.76. The Labute approximate surface area is 161 Å². The molecule has 0 spiro atoms. The lowest BCUT2D eigenvalue weighted by molar-refractivity contribution is 0.0162. The zero-order valence-electron chi connectivity index (χ0n) is 16.0. The van der Waals surface area contributed by atoms with Gasteiger partial charge in [-0.2, -0.15) is 5.26 Å². The van der Waals surface area contributed by atoms with Gasteiger partial charge in [-0.25, -0.2) is 4.79 Å². The van der Waals surface area contributed by atoms with Crippen molar-refractivity contribution in [2.24, 2.45) is 5.92 Å². The molecule has 3 atom stereocenters. The summed E-state index contributed by atoms with van der Waals surface area (Å²) in [6.07, 6.45) is 4.95. The summed E-state index contributed by atoms with van der Waals surface area (Å²) in [5.74, 6) is 6.93. The average molecular weight is 365 g/mol. The monoisotopic (exact) mass is 365 g/mol. The molecule has 27 heavy (non-hydrogen) atoms. The molecule has 1 aromatic carbocycles. The van der Waals surface area contributed by atoms with Crippen molar-refractivity contribution in [3.63, 3.8) is 0 Å². The van der Waals surface area contributed by atoms with E-state index in [4.69, 9.17) is 0 Å². The molecular formula is C22H27N3O2. The highest BCUT2D eigenvalue weighted by Crippen LogP contribution is 2.40. The number of benzene rings is 1. The Morgan fingerprint density at radius 3 is 2.52 bits per heavy atom. The molecule has 0 bridgehead atoms. The third kappa shape index (κ3) is 4.10. The van der Waals surface area contributed by atoms with Crippen LogP contribution < -0.4 is 5.32 Å². The summed E-state index contributed by atoms with van der Waals surface area (Å²) in [5, 5.41) is 22.2. The van der Waals surface area contributed by atoms with Gasteiger partial charge in [-0.1, -0.05) is 36.8 Å². The second kappa shape index (κ2) is 8.46. The van der Waals surface area contributed by atoms with Crippen LogP contribution in [0.3, 0.4) is 0 Å². The number of hydrogen-bond donors (Lipinski definition) is 2. The Morgan fingerprint density at radius 2 is 1.96 bits per heavy atom. The van der Waals surface area contributed by atoms with E-state index in [0.29, 0.717) is 5.92 Å². The van der Waals surface area contributed by atoms with E-state index in [1.807, 2.05) is 38.1 Å². The fourth-order valence-corrected chi connectivity index (χ4v) is 4.05. The molecule has 2 amide bonds. The van der Waals surface area contributed by atoms with Crippen molar-refractivity contribution < 1.29 is 9.90 Å². The molecule has 1 aliphatic heterocycles. The summed E-state index contributed by atoms with van der Waals surface area (Å²) < 4.78 is 0. The molecule has 0 aromatic heterocycles. The van der Waals surface area contributed by atoms with E-state index in [2.05, 4.69) is 23.2 Å². The molecule has 142 valence electrons. The van der Waals surface area contributed by atoms with Crippen LogP contribution in [0.2, 0.25) is 0 Å². The fourth-order valence-electron chi connectivity index (χ4n) is 4.05. The Bertz CT molecular complexity index is 763. The van der Waals surface area contributed by atoms with Crippen molar-refractivity contribution >= 4 is 6.03 Å². The summed E-state index contributed by atoms with van der Waals surface area (Å²) in [7, 11) is 0. The summed E-state index contributed by atoms with van der Waals surface area (Å²) in [4.78, 5) is 13.8. The molecule has 1 saturated heterocycles. The van der Waals surface area contributed by atoms with Gasteiger partial charge in [0, 0.05) is 23.4 Å². The van der Waals surface area contributed by atoms with E-state index in [1.165, 1.54) is 30.6 Å². The summed E-state index contributed by atoms with van der Waals surface area (Å²) in [5.41, 5.74) is 1.93. The highest BCUT2D eigenvalue weighted by atomic mass is 16.3. The highest BCUT2D eigenvalue weighted by molar-refractivity contribution is 5.77. The van der Waals surface area contributed by atoms with Gasteiger partial charge >= 0.3 is 6.03 Å². The number of nitriles is 1. The molecule has 0 radical (unpaired) electrons. The largest absolute Gasteiger partial charge is 0.394 e. The number of hydrogen-bond acceptors (Lipinski definition) is 3. The van der Waals surface area contributed by atoms with Crippen molar-refractivity contribution in [1.29, 1.82) is 5.26 Å². The minimum Gasteiger partial charge on any atom is -0.394 e. The summed E-state index contributed by atoms with van der Waals surface area (Å²) in [6.45, 7) is 3.57. The van der Waals surface area contributed by atoms with Crippen LogP contribution in [0.15, 0.2) is 24.3 Å². The van der Waals surface area contributed by atoms with Crippen molar-refractivity contribution in [2.75, 3.05) is 6.61 Å². The number of carbonyl (C=O) groups is 1. The van der Waals surface area contributed by atoms with E-state index in [1.54, 1.807) is 0 Å². The van der Waals surface area contributed by atoms with Crippen LogP contribution >= 0.6 is 0 Å². The molecule has 3 rings (SSSR count). The lowest BCUT2D eigenvalue weighted by atomic mass is 9.76. The van der Waals surface area contributed by atoms with E-state index in [0.717, 1.165) is 11.1 Å². The Hall–Kier alpha value is -2.50. The highest BCUT2D eigenvalue weighted by Gasteiger charge is 2.51. The number of rotatable bonds is 3. The van der Waals surface area contributed by atoms with Gasteiger partial charge in [0.25, 0.3) is 0 Å². The quantitative estimate of drug-likeness (QED) is 0.809. The maximum absolute atomic E-state index is 12.4. The van der Waals surface area contributed by atoms with E-state index in [9.17, 15) is 15.2 Å². The summed E-state index contributed by atoms with van der Waals surface area (Å²) in [6, 6.07) is 8.81. The first-order chi connectivity index (χ1) is 13.0. The zero-order chi connectivity index (χ0) is 19.4. The molecule has 2 aliphatic rings. The maximum atomic E-state index is 12.4. The van der Waals surface area contributed by atoms with Gasteiger partial charge in [0.05, 0.1) is 18.7 Å². The second-order valence-electron chi connectivity index (χ2n) is 7.73. The van der Waals surface area contributed by atoms with Crippen molar-refractivity contribution in [3.8, 4) is 17.9 Å². The minimum absolute atomic E-state index is 0.0204. The standard InChI is InChI=1S/C22H27N3O2/c1-15(2)24-22(27)25-19(13-23)21(20(25)14-26)18-11-9-17(10-12-18)8-7-16-5-3-4-6-16/h9-12,15-16,19-21,26H,3-6,14H2,1-2H3,(H,24,27)/t19-,20-,21+/m0/s1. The normalized spacial score (nSPS) is 24.7. The van der Waals surface area contributed by atoms with Crippen LogP contribution in [0.1, 0.15) is 56.6 Å². The van der Waals surface area contributed by atoms with E-state index < -0.39 is 6.04 Å². The number of aliphatic hydroxyl groups is 1. The number of nitrogens with zero attached hydrogens (tertiary/aromatic N) is 2. The minimum atomic E-state index is -0.573. The topological polar surface area (TPSA) is 76.4 Å². The Balaban J connectivity index is 1.73. The fraction of sp³-hybridized carbons (Fsp3) is 0.545. The van der Waals surface area contributed by atoms with E-state index >= 15 is 0 Å². The SMILES string of the molecule is CC(C)NC(=O)N1[C@@H](C#N)[C@@H](c2ccc(C#CC3CCCC3)cc2)[C@@H]1CO. The molecule has 1 heterocycles. The van der Waals surface area contributed by atoms with Crippen LogP contribution in [0.25, 0.3) is 0 Å². The van der Waals surface area contributed by atoms with Gasteiger partial charge in [-0.05, 0) is 44.4 Å². The second-order valence-corrected chi connectivity index (χ2v) is 7.73. The third-order valence-corrected chi connectivity index (χ3v) is 5.45. The van der Waals surface area contributed by atoms with Crippen molar-refractivity contribution in [2.45, 2.75) is 63.6 Å². The molecule has 5 nitrogen and oxygen atoms in total. The van der Waals surface area contributed by atoms with Gasteiger partial charge < -0.3 is 15.3 Å². The van der Waals surface area contributed by atoms with Gasteiger partial charge in [0.1, 0.15) is 6.04 Å². The Morgan fingerprint density at radius 1 is 1.30 bits per heavy atom. The molecular weight excluding hydrogens is 338 g/mol. The van der Waals surface area contributed by atoms with Crippen LogP contribution in [-0.4, -0.2) is 40.8 Å². The number of urea groups is 1. The predicted octanol–water partition coefficient (Wildman–Crippen LogP) is 3.00. The first-order valence-corrected chi connectivity index (χ1v) is 9.76. The van der Waals surface area contributed by atoms with Crippen LogP contribution in [0.4, 0.5) is 4.79 Å². The Kier molecular flexibility index (Phi) is 6.04. The number of amides is 2. The molecule has 1 saturated carbocycles. The van der Waals surface area contributed by atoms with Crippen LogP contribution in [-0.2, 0) is 0 Å². The number of carbonyl (C=O) groups excluding carboxylic acids is 1. The lowest BCUT2D eigenvalue weighted by Gasteiger charge is -2.51. The number of likely N-dealkylation sites (tertiary alicyclic amines) is 1. The number of aliphatic hydroxyl groups excluding tert-OH is 1. The maximum Gasteiger partial charge on any atom is 0.319 e. The van der Waals surface area contributed by atoms with Crippen LogP contribution in [0, 0.1) is 29.1 Å². The average Bonchev–Trinajstić information content (AvgIpc) is 3.14. The lowest BCUT2D eigenvalue weighted by Crippen LogP contribution is -2.67. The van der Waals surface area contributed by atoms with Gasteiger partial charge in [0.2, 0.25) is 0 Å². The molecule has 1 aliphatic carbocycles. The number of nitrogens with one attached hydrogen (secondary N) is 1. The summed E-state index contributed by atoms with van der Waals surface area (Å²) >= 11 is 0. The molecule has 2 N–H and O–H groups in total. The third-order valence-electron chi connectivity index (χ3n) is 5.45. The molecule has 0 unspecified atom stereocenters. The van der Waals surface area contributed by atoms with Crippen molar-refractivity contribution in [3.05, 3.63) is 35.4 Å². The van der Waals surface area contributed by atoms with E-state index in [-0.39, 0.29) is 30.6 Å². The molecule has 2 fully saturated rings. The van der Waals surface area contributed by atoms with Gasteiger partial charge in [0.15, 0.2) is 0 Å². The predicted molar refractivity (Wildman–Crippen MR) is 104 cm³/mol. The van der Waals surface area contributed by atoms with Gasteiger partial charge in [-0.3, -0.25) is 0 Å². The first kappa shape index (κ1) is 19.3.